The first-order valence-corrected chi connectivity index (χ1v) is 7.74. The number of nitrogens with one attached hydrogen (secondary N) is 1. The Morgan fingerprint density at radius 1 is 1.11 bits per heavy atom. The third-order valence-corrected chi connectivity index (χ3v) is 3.62. The Bertz CT molecular complexity index is 345. The molecule has 0 heterocycles. The van der Waals surface area contributed by atoms with Gasteiger partial charge in [-0.3, -0.25) is 0 Å². The zero-order chi connectivity index (χ0) is 14.3. The van der Waals surface area contributed by atoms with E-state index in [-0.39, 0.29) is 0 Å². The van der Waals surface area contributed by atoms with E-state index in [2.05, 4.69) is 64.2 Å². The first-order chi connectivity index (χ1) is 8.92. The van der Waals surface area contributed by atoms with E-state index < -0.39 is 0 Å². The summed E-state index contributed by atoms with van der Waals surface area (Å²) in [7, 11) is 0. The largest absolute Gasteiger partial charge is 0.310 e. The fraction of sp³-hybridized carbons (Fsp3) is 0.667. The van der Waals surface area contributed by atoms with Crippen LogP contribution in [0.5, 0.6) is 0 Å². The molecule has 1 unspecified atom stereocenters. The second-order valence-corrected chi connectivity index (χ2v) is 6.83. The summed E-state index contributed by atoms with van der Waals surface area (Å²) in [5, 5.41) is 3.62. The lowest BCUT2D eigenvalue weighted by Crippen LogP contribution is -2.23. The van der Waals surface area contributed by atoms with Gasteiger partial charge >= 0.3 is 0 Å². The highest BCUT2D eigenvalue weighted by molar-refractivity contribution is 5.24. The van der Waals surface area contributed by atoms with E-state index in [1.165, 1.54) is 36.8 Å². The van der Waals surface area contributed by atoms with Gasteiger partial charge in [0.1, 0.15) is 0 Å². The van der Waals surface area contributed by atoms with Gasteiger partial charge in [0.25, 0.3) is 0 Å². The van der Waals surface area contributed by atoms with Gasteiger partial charge in [-0.2, -0.15) is 0 Å². The average Bonchev–Trinajstić information content (AvgIpc) is 2.35. The van der Waals surface area contributed by atoms with E-state index in [1.54, 1.807) is 0 Å². The normalized spacial score (nSPS) is 13.5. The maximum atomic E-state index is 3.62. The number of rotatable bonds is 7. The van der Waals surface area contributed by atoms with E-state index in [9.17, 15) is 0 Å². The maximum Gasteiger partial charge on any atom is 0.0291 e. The zero-order valence-corrected chi connectivity index (χ0v) is 13.4. The lowest BCUT2D eigenvalue weighted by Gasteiger charge is -2.21. The van der Waals surface area contributed by atoms with Crippen LogP contribution in [0.15, 0.2) is 24.3 Å². The average molecular weight is 261 g/mol. The predicted molar refractivity (Wildman–Crippen MR) is 85.5 cm³/mol. The lowest BCUT2D eigenvalue weighted by atomic mass is 9.92. The van der Waals surface area contributed by atoms with Crippen LogP contribution in [0.3, 0.4) is 0 Å². The van der Waals surface area contributed by atoms with E-state index >= 15 is 0 Å². The van der Waals surface area contributed by atoms with Crippen LogP contribution in [0.2, 0.25) is 0 Å². The Hall–Kier alpha value is -0.820. The van der Waals surface area contributed by atoms with Crippen molar-refractivity contribution in [1.82, 2.24) is 5.32 Å². The van der Waals surface area contributed by atoms with E-state index in [0.29, 0.717) is 11.5 Å². The molecule has 1 aromatic carbocycles. The van der Waals surface area contributed by atoms with Crippen molar-refractivity contribution in [2.75, 3.05) is 6.54 Å². The molecule has 0 aliphatic rings. The number of benzene rings is 1. The molecule has 0 radical (unpaired) electrons. The maximum absolute atomic E-state index is 3.62. The quantitative estimate of drug-likeness (QED) is 0.718. The molecule has 0 aliphatic carbocycles. The van der Waals surface area contributed by atoms with Crippen molar-refractivity contribution < 1.29 is 0 Å². The number of hydrogen-bond acceptors (Lipinski definition) is 1. The highest BCUT2D eigenvalue weighted by Crippen LogP contribution is 2.19. The molecule has 1 heteroatoms. The fourth-order valence-electron chi connectivity index (χ4n) is 2.14. The summed E-state index contributed by atoms with van der Waals surface area (Å²) < 4.78 is 0. The van der Waals surface area contributed by atoms with Gasteiger partial charge in [0.2, 0.25) is 0 Å². The van der Waals surface area contributed by atoms with Crippen molar-refractivity contribution in [2.24, 2.45) is 5.41 Å². The van der Waals surface area contributed by atoms with Crippen LogP contribution in [0, 0.1) is 5.41 Å². The minimum absolute atomic E-state index is 0.413. The molecule has 1 atom stereocenters. The number of aryl methyl sites for hydroxylation is 1. The highest BCUT2D eigenvalue weighted by Gasteiger charge is 2.11. The summed E-state index contributed by atoms with van der Waals surface area (Å²) in [6, 6.07) is 9.57. The van der Waals surface area contributed by atoms with Gasteiger partial charge in [-0.15, -0.1) is 0 Å². The summed E-state index contributed by atoms with van der Waals surface area (Å²) in [5.41, 5.74) is 3.28. The molecular weight excluding hydrogens is 230 g/mol. The number of hydrogen-bond donors (Lipinski definition) is 1. The van der Waals surface area contributed by atoms with Crippen molar-refractivity contribution in [1.29, 1.82) is 0 Å². The van der Waals surface area contributed by atoms with Crippen LogP contribution in [-0.2, 0) is 6.42 Å². The van der Waals surface area contributed by atoms with Crippen LogP contribution in [0.4, 0.5) is 0 Å². The minimum Gasteiger partial charge on any atom is -0.310 e. The van der Waals surface area contributed by atoms with Crippen LogP contribution in [0.25, 0.3) is 0 Å². The third-order valence-electron chi connectivity index (χ3n) is 3.62. The fourth-order valence-corrected chi connectivity index (χ4v) is 2.14. The Morgan fingerprint density at radius 3 is 2.26 bits per heavy atom. The van der Waals surface area contributed by atoms with Gasteiger partial charge in [0.05, 0.1) is 0 Å². The van der Waals surface area contributed by atoms with Crippen molar-refractivity contribution >= 4 is 0 Å². The van der Waals surface area contributed by atoms with Crippen LogP contribution in [0.1, 0.15) is 71.0 Å². The predicted octanol–water partition coefficient (Wildman–Crippen LogP) is 5.12. The molecule has 19 heavy (non-hydrogen) atoms. The van der Waals surface area contributed by atoms with Crippen LogP contribution >= 0.6 is 0 Å². The molecule has 0 saturated carbocycles. The van der Waals surface area contributed by atoms with Crippen molar-refractivity contribution in [2.45, 2.75) is 66.3 Å². The molecule has 1 nitrogen and oxygen atoms in total. The smallest absolute Gasteiger partial charge is 0.0291 e. The second kappa shape index (κ2) is 7.69. The van der Waals surface area contributed by atoms with Gasteiger partial charge in [-0.1, -0.05) is 58.4 Å². The van der Waals surface area contributed by atoms with Crippen molar-refractivity contribution in [3.05, 3.63) is 35.4 Å². The molecule has 0 aromatic heterocycles. The SMILES string of the molecule is CCCCc1ccc(C(C)NCCC(C)(C)C)cc1. The molecule has 1 N–H and O–H groups in total. The Morgan fingerprint density at radius 2 is 1.74 bits per heavy atom. The van der Waals surface area contributed by atoms with Gasteiger partial charge in [0, 0.05) is 6.04 Å². The summed E-state index contributed by atoms with van der Waals surface area (Å²) in [5.74, 6) is 0. The Labute approximate surface area is 119 Å². The molecule has 1 aromatic rings. The molecule has 0 fully saturated rings. The highest BCUT2D eigenvalue weighted by atomic mass is 14.9. The molecule has 0 bridgehead atoms. The number of unbranched alkanes of at least 4 members (excludes halogenated alkanes) is 1. The standard InChI is InChI=1S/C18H31N/c1-6-7-8-16-9-11-17(12-10-16)15(2)19-14-13-18(3,4)5/h9-12,15,19H,6-8,13-14H2,1-5H3. The molecule has 0 amide bonds. The molecule has 108 valence electrons. The second-order valence-electron chi connectivity index (χ2n) is 6.83. The molecule has 0 aliphatic heterocycles. The van der Waals surface area contributed by atoms with Crippen molar-refractivity contribution in [3.63, 3.8) is 0 Å². The summed E-state index contributed by atoms with van der Waals surface area (Å²) in [6.07, 6.45) is 4.99. The van der Waals surface area contributed by atoms with Gasteiger partial charge < -0.3 is 5.32 Å². The minimum atomic E-state index is 0.413. The summed E-state index contributed by atoms with van der Waals surface area (Å²) >= 11 is 0. The summed E-state index contributed by atoms with van der Waals surface area (Å²) in [6.45, 7) is 12.5. The molecule has 0 saturated heterocycles. The first kappa shape index (κ1) is 16.2. The monoisotopic (exact) mass is 261 g/mol. The topological polar surface area (TPSA) is 12.0 Å². The first-order valence-electron chi connectivity index (χ1n) is 7.74. The van der Waals surface area contributed by atoms with E-state index in [0.717, 1.165) is 6.54 Å². The van der Waals surface area contributed by atoms with Crippen LogP contribution in [-0.4, -0.2) is 6.54 Å². The van der Waals surface area contributed by atoms with Gasteiger partial charge in [0.15, 0.2) is 0 Å². The lowest BCUT2D eigenvalue weighted by molar-refractivity contribution is 0.358. The van der Waals surface area contributed by atoms with Crippen LogP contribution < -0.4 is 5.32 Å². The third kappa shape index (κ3) is 6.77. The summed E-state index contributed by atoms with van der Waals surface area (Å²) in [4.78, 5) is 0. The Balaban J connectivity index is 2.42. The molecule has 1 rings (SSSR count). The van der Waals surface area contributed by atoms with Gasteiger partial charge in [-0.25, -0.2) is 0 Å². The Kier molecular flexibility index (Phi) is 6.57. The van der Waals surface area contributed by atoms with Crippen molar-refractivity contribution in [3.8, 4) is 0 Å². The van der Waals surface area contributed by atoms with E-state index in [1.807, 2.05) is 0 Å². The molecular formula is C18H31N. The van der Waals surface area contributed by atoms with E-state index in [4.69, 9.17) is 0 Å². The molecule has 0 spiro atoms. The zero-order valence-electron chi connectivity index (χ0n) is 13.4. The van der Waals surface area contributed by atoms with Gasteiger partial charge in [-0.05, 0) is 49.3 Å².